The molecule has 0 N–H and O–H groups in total. The minimum atomic E-state index is 0.0520. The maximum Gasteiger partial charge on any atom is 0.150 e. The summed E-state index contributed by atoms with van der Waals surface area (Å²) >= 11 is 8.55. The van der Waals surface area contributed by atoms with Gasteiger partial charge >= 0.3 is 0 Å². The Kier molecular flexibility index (Phi) is 5.69. The Morgan fingerprint density at radius 1 is 0.821 bits per heavy atom. The van der Waals surface area contributed by atoms with Crippen LogP contribution < -0.4 is 9.47 Å². The third-order valence-electron chi connectivity index (χ3n) is 7.69. The molecule has 39 heavy (non-hydrogen) atoms. The molecule has 0 bridgehead atoms. The molecule has 2 aromatic heterocycles. The predicted molar refractivity (Wildman–Crippen MR) is 163 cm³/mol. The molecule has 3 nitrogen and oxygen atoms in total. The molecule has 1 aliphatic rings. The van der Waals surface area contributed by atoms with Crippen molar-refractivity contribution < 1.29 is 13.9 Å². The fourth-order valence-electron chi connectivity index (χ4n) is 5.59. The zero-order valence-electron chi connectivity index (χ0n) is 22.5. The van der Waals surface area contributed by atoms with Crippen molar-refractivity contribution in [2.75, 3.05) is 0 Å². The van der Waals surface area contributed by atoms with Gasteiger partial charge in [-0.3, -0.25) is 0 Å². The summed E-state index contributed by atoms with van der Waals surface area (Å²) in [5.74, 6) is 2.61. The standard InChI is InChI=1S/C34H29ClO3S/c1-19-14-28(32(35)29(15-19)37-30-18-39-31-13-9-21(16-26(30)31)34(2,3)4)36-22-10-12-24-25-11-8-20-6-5-7-23(20)33(25)38-27(24)17-22/h8-18H,5-7H2,1-4H3. The molecular weight excluding hydrogens is 524 g/mol. The normalized spacial score (nSPS) is 13.5. The van der Waals surface area contributed by atoms with E-state index in [9.17, 15) is 0 Å². The van der Waals surface area contributed by atoms with Gasteiger partial charge in [0.15, 0.2) is 0 Å². The number of aryl methyl sites for hydroxylation is 3. The number of hydrogen-bond donors (Lipinski definition) is 0. The topological polar surface area (TPSA) is 31.6 Å². The molecule has 0 fully saturated rings. The first-order chi connectivity index (χ1) is 18.7. The lowest BCUT2D eigenvalue weighted by molar-refractivity contribution is 0.463. The molecule has 0 unspecified atom stereocenters. The van der Waals surface area contributed by atoms with Crippen LogP contribution in [-0.4, -0.2) is 0 Å². The number of fused-ring (bicyclic) bond motifs is 6. The van der Waals surface area contributed by atoms with Crippen LogP contribution in [0, 0.1) is 6.92 Å². The van der Waals surface area contributed by atoms with Crippen LogP contribution in [0.15, 0.2) is 70.5 Å². The fraction of sp³-hybridized carbons (Fsp3) is 0.235. The molecular formula is C34H29ClO3S. The van der Waals surface area contributed by atoms with E-state index < -0.39 is 0 Å². The van der Waals surface area contributed by atoms with E-state index in [1.54, 1.807) is 11.3 Å². The largest absolute Gasteiger partial charge is 0.456 e. The summed E-state index contributed by atoms with van der Waals surface area (Å²) in [6.07, 6.45) is 3.40. The third kappa shape index (κ3) is 4.27. The zero-order valence-corrected chi connectivity index (χ0v) is 24.1. The fourth-order valence-corrected chi connectivity index (χ4v) is 6.62. The lowest BCUT2D eigenvalue weighted by atomic mass is 9.86. The van der Waals surface area contributed by atoms with E-state index in [0.29, 0.717) is 22.3 Å². The van der Waals surface area contributed by atoms with E-state index >= 15 is 0 Å². The molecule has 0 saturated heterocycles. The molecule has 0 saturated carbocycles. The van der Waals surface area contributed by atoms with E-state index in [-0.39, 0.29) is 5.41 Å². The minimum absolute atomic E-state index is 0.0520. The first kappa shape index (κ1) is 24.6. The molecule has 196 valence electrons. The molecule has 7 rings (SSSR count). The van der Waals surface area contributed by atoms with Gasteiger partial charge in [-0.2, -0.15) is 0 Å². The highest BCUT2D eigenvalue weighted by Crippen LogP contribution is 2.44. The molecule has 0 radical (unpaired) electrons. The quantitative estimate of drug-likeness (QED) is 0.218. The molecule has 0 spiro atoms. The Bertz CT molecular complexity index is 1900. The SMILES string of the molecule is Cc1cc(Oc2ccc3c(c2)oc2c4c(ccc23)CCC4)c(Cl)c(Oc2csc3ccc(C(C)(C)C)cc23)c1. The summed E-state index contributed by atoms with van der Waals surface area (Å²) in [6.45, 7) is 8.68. The lowest BCUT2D eigenvalue weighted by Gasteiger charge is -2.19. The van der Waals surface area contributed by atoms with Crippen LogP contribution in [0.4, 0.5) is 0 Å². The molecule has 6 aromatic rings. The van der Waals surface area contributed by atoms with Gasteiger partial charge in [-0.15, -0.1) is 11.3 Å². The van der Waals surface area contributed by atoms with Crippen LogP contribution in [0.5, 0.6) is 23.0 Å². The van der Waals surface area contributed by atoms with Gasteiger partial charge in [0, 0.05) is 32.3 Å². The van der Waals surface area contributed by atoms with Gasteiger partial charge < -0.3 is 13.9 Å². The van der Waals surface area contributed by atoms with Crippen molar-refractivity contribution in [3.63, 3.8) is 0 Å². The Morgan fingerprint density at radius 2 is 1.62 bits per heavy atom. The Morgan fingerprint density at radius 3 is 2.44 bits per heavy atom. The Hall–Kier alpha value is -3.47. The van der Waals surface area contributed by atoms with Gasteiger partial charge in [-0.05, 0) is 90.3 Å². The van der Waals surface area contributed by atoms with E-state index in [1.807, 2.05) is 36.6 Å². The molecule has 0 amide bonds. The summed E-state index contributed by atoms with van der Waals surface area (Å²) in [5.41, 5.74) is 6.91. The number of hydrogen-bond acceptors (Lipinski definition) is 4. The smallest absolute Gasteiger partial charge is 0.150 e. The molecule has 2 heterocycles. The van der Waals surface area contributed by atoms with E-state index in [1.165, 1.54) is 33.2 Å². The predicted octanol–water partition coefficient (Wildman–Crippen LogP) is 11.1. The van der Waals surface area contributed by atoms with Crippen LogP contribution in [0.2, 0.25) is 5.02 Å². The van der Waals surface area contributed by atoms with E-state index in [2.05, 4.69) is 57.2 Å². The monoisotopic (exact) mass is 552 g/mol. The molecule has 4 aromatic carbocycles. The van der Waals surface area contributed by atoms with Crippen molar-refractivity contribution >= 4 is 55.0 Å². The Balaban J connectivity index is 1.23. The first-order valence-corrected chi connectivity index (χ1v) is 14.6. The van der Waals surface area contributed by atoms with Crippen LogP contribution in [0.25, 0.3) is 32.0 Å². The lowest BCUT2D eigenvalue weighted by Crippen LogP contribution is -2.10. The summed E-state index contributed by atoms with van der Waals surface area (Å²) in [5, 5.41) is 5.84. The molecule has 0 atom stereocenters. The number of ether oxygens (including phenoxy) is 2. The first-order valence-electron chi connectivity index (χ1n) is 13.4. The Labute approximate surface area is 236 Å². The van der Waals surface area contributed by atoms with Crippen molar-refractivity contribution in [2.24, 2.45) is 0 Å². The zero-order chi connectivity index (χ0) is 26.9. The summed E-state index contributed by atoms with van der Waals surface area (Å²) in [4.78, 5) is 0. The summed E-state index contributed by atoms with van der Waals surface area (Å²) in [7, 11) is 0. The van der Waals surface area contributed by atoms with Gasteiger partial charge in [0.1, 0.15) is 39.2 Å². The molecule has 5 heteroatoms. The van der Waals surface area contributed by atoms with Crippen LogP contribution in [0.3, 0.4) is 0 Å². The second-order valence-electron chi connectivity index (χ2n) is 11.5. The average molecular weight is 553 g/mol. The molecule has 1 aliphatic carbocycles. The summed E-state index contributed by atoms with van der Waals surface area (Å²) < 4.78 is 20.3. The van der Waals surface area contributed by atoms with Crippen molar-refractivity contribution in [2.45, 2.75) is 52.4 Å². The van der Waals surface area contributed by atoms with E-state index in [4.69, 9.17) is 25.5 Å². The van der Waals surface area contributed by atoms with Gasteiger partial charge in [0.05, 0.1) is 0 Å². The van der Waals surface area contributed by atoms with Gasteiger partial charge in [-0.1, -0.05) is 50.6 Å². The highest BCUT2D eigenvalue weighted by atomic mass is 35.5. The van der Waals surface area contributed by atoms with Crippen LogP contribution >= 0.6 is 22.9 Å². The number of thiophene rings is 1. The third-order valence-corrected chi connectivity index (χ3v) is 9.00. The maximum atomic E-state index is 6.88. The van der Waals surface area contributed by atoms with Crippen LogP contribution in [0.1, 0.15) is 49.4 Å². The number of rotatable bonds is 4. The molecule has 0 aliphatic heterocycles. The number of halogens is 1. The van der Waals surface area contributed by atoms with Crippen molar-refractivity contribution in [3.05, 3.63) is 93.3 Å². The van der Waals surface area contributed by atoms with Crippen molar-refractivity contribution in [3.8, 4) is 23.0 Å². The maximum absolute atomic E-state index is 6.88. The van der Waals surface area contributed by atoms with Gasteiger partial charge in [0.2, 0.25) is 0 Å². The highest BCUT2D eigenvalue weighted by Gasteiger charge is 2.20. The number of furan rings is 1. The van der Waals surface area contributed by atoms with Gasteiger partial charge in [-0.25, -0.2) is 0 Å². The summed E-state index contributed by atoms with van der Waals surface area (Å²) in [6, 6.07) is 20.9. The van der Waals surface area contributed by atoms with Crippen LogP contribution in [-0.2, 0) is 18.3 Å². The second-order valence-corrected chi connectivity index (χ2v) is 12.8. The number of benzene rings is 4. The highest BCUT2D eigenvalue weighted by molar-refractivity contribution is 7.17. The minimum Gasteiger partial charge on any atom is -0.456 e. The van der Waals surface area contributed by atoms with E-state index in [0.717, 1.165) is 46.1 Å². The van der Waals surface area contributed by atoms with Crippen molar-refractivity contribution in [1.82, 2.24) is 0 Å². The van der Waals surface area contributed by atoms with Gasteiger partial charge in [0.25, 0.3) is 0 Å². The average Bonchev–Trinajstić information content (AvgIpc) is 3.62. The second kappa shape index (κ2) is 9.04. The van der Waals surface area contributed by atoms with Crippen molar-refractivity contribution in [1.29, 1.82) is 0 Å².